The predicted molar refractivity (Wildman–Crippen MR) is 73.5 cm³/mol. The van der Waals surface area contributed by atoms with E-state index in [1.165, 1.54) is 11.1 Å². The van der Waals surface area contributed by atoms with Crippen molar-refractivity contribution in [3.63, 3.8) is 0 Å². The van der Waals surface area contributed by atoms with Crippen LogP contribution in [-0.4, -0.2) is 0 Å². The van der Waals surface area contributed by atoms with Gasteiger partial charge in [0.25, 0.3) is 0 Å². The molecule has 0 aromatic rings. The lowest BCUT2D eigenvalue weighted by atomic mass is 10.0. The molecule has 0 fully saturated rings. The van der Waals surface area contributed by atoms with E-state index in [-0.39, 0.29) is 0 Å². The molecule has 0 unspecified atom stereocenters. The summed E-state index contributed by atoms with van der Waals surface area (Å²) in [4.78, 5) is 0. The fourth-order valence-electron chi connectivity index (χ4n) is 1.80. The molecule has 0 aliphatic heterocycles. The van der Waals surface area contributed by atoms with Gasteiger partial charge in [-0.05, 0) is 37.5 Å². The number of hydrogen-bond acceptors (Lipinski definition) is 0. The fourth-order valence-corrected chi connectivity index (χ4v) is 2.17. The van der Waals surface area contributed by atoms with Crippen molar-refractivity contribution in [2.75, 3.05) is 0 Å². The number of hydrogen-bond donors (Lipinski definition) is 0. The molecule has 0 bridgehead atoms. The zero-order valence-electron chi connectivity index (χ0n) is 10.0. The van der Waals surface area contributed by atoms with Gasteiger partial charge in [0, 0.05) is 5.57 Å². The van der Waals surface area contributed by atoms with Gasteiger partial charge in [-0.25, -0.2) is 0 Å². The molecule has 0 amide bonds. The number of rotatable bonds is 3. The molecule has 1 rings (SSSR count). The van der Waals surface area contributed by atoms with Crippen LogP contribution >= 0.6 is 11.6 Å². The van der Waals surface area contributed by atoms with Gasteiger partial charge in [-0.2, -0.15) is 0 Å². The minimum Gasteiger partial charge on any atom is -0.0990 e. The third-order valence-electron chi connectivity index (χ3n) is 2.52. The number of allylic oxidation sites excluding steroid dienone is 11. The average Bonchev–Trinajstić information content (AvgIpc) is 2.47. The molecule has 0 N–H and O–H groups in total. The zero-order chi connectivity index (χ0) is 12.1. The van der Waals surface area contributed by atoms with Crippen LogP contribution in [0, 0.1) is 0 Å². The van der Waals surface area contributed by atoms with Crippen LogP contribution < -0.4 is 0 Å². The van der Waals surface area contributed by atoms with Gasteiger partial charge < -0.3 is 0 Å². The molecule has 1 aliphatic rings. The van der Waals surface area contributed by atoms with E-state index in [4.69, 9.17) is 11.6 Å². The quantitative estimate of drug-likeness (QED) is 0.637. The lowest BCUT2D eigenvalue weighted by molar-refractivity contribution is 1.41. The summed E-state index contributed by atoms with van der Waals surface area (Å²) in [6, 6.07) is 0. The summed E-state index contributed by atoms with van der Waals surface area (Å²) in [6.45, 7) is 9.81. The number of halogens is 1. The summed E-state index contributed by atoms with van der Waals surface area (Å²) in [5.74, 6) is 0. The second-order valence-electron chi connectivity index (χ2n) is 3.58. The molecule has 0 aromatic heterocycles. The molecule has 0 nitrogen and oxygen atoms in total. The summed E-state index contributed by atoms with van der Waals surface area (Å²) in [5, 5.41) is 0.809. The largest absolute Gasteiger partial charge is 0.0990 e. The van der Waals surface area contributed by atoms with Gasteiger partial charge in [-0.15, -0.1) is 0 Å². The van der Waals surface area contributed by atoms with Crippen molar-refractivity contribution in [3.05, 3.63) is 70.4 Å². The summed E-state index contributed by atoms with van der Waals surface area (Å²) in [6.07, 6.45) is 11.9. The Morgan fingerprint density at radius 3 is 2.12 bits per heavy atom. The summed E-state index contributed by atoms with van der Waals surface area (Å²) in [5.41, 5.74) is 4.56. The monoisotopic (exact) mass is 232 g/mol. The van der Waals surface area contributed by atoms with Gasteiger partial charge in [-0.3, -0.25) is 0 Å². The topological polar surface area (TPSA) is 0 Å². The van der Waals surface area contributed by atoms with Crippen molar-refractivity contribution >= 4 is 11.6 Å². The van der Waals surface area contributed by atoms with Crippen LogP contribution in [0.2, 0.25) is 0 Å². The van der Waals surface area contributed by atoms with E-state index in [0.717, 1.165) is 16.2 Å². The van der Waals surface area contributed by atoms with E-state index in [1.54, 1.807) is 6.08 Å². The van der Waals surface area contributed by atoms with E-state index in [1.807, 2.05) is 38.2 Å². The van der Waals surface area contributed by atoms with E-state index in [0.29, 0.717) is 0 Å². The maximum atomic E-state index is 6.36. The van der Waals surface area contributed by atoms with Crippen LogP contribution in [0.25, 0.3) is 0 Å². The lowest BCUT2D eigenvalue weighted by Crippen LogP contribution is -1.81. The van der Waals surface area contributed by atoms with E-state index in [2.05, 4.69) is 19.6 Å². The smallest absolute Gasteiger partial charge is 0.0559 e. The van der Waals surface area contributed by atoms with Crippen molar-refractivity contribution < 1.29 is 0 Å². The summed E-state index contributed by atoms with van der Waals surface area (Å²) in [7, 11) is 0. The van der Waals surface area contributed by atoms with Crippen LogP contribution in [0.15, 0.2) is 70.4 Å². The lowest BCUT2D eigenvalue weighted by Gasteiger charge is -1.99. The molecule has 0 saturated carbocycles. The van der Waals surface area contributed by atoms with Gasteiger partial charge in [0.2, 0.25) is 0 Å². The normalized spacial score (nSPS) is 19.9. The fraction of sp³-hybridized carbons (Fsp3) is 0.200. The van der Waals surface area contributed by atoms with E-state index < -0.39 is 0 Å². The first kappa shape index (κ1) is 12.8. The Kier molecular flexibility index (Phi) is 4.57. The van der Waals surface area contributed by atoms with Crippen LogP contribution in [0.1, 0.15) is 20.8 Å². The Morgan fingerprint density at radius 1 is 1.06 bits per heavy atom. The van der Waals surface area contributed by atoms with Gasteiger partial charge in [0.05, 0.1) is 5.03 Å². The highest BCUT2D eigenvalue weighted by atomic mass is 35.5. The highest BCUT2D eigenvalue weighted by Gasteiger charge is 2.21. The standard InChI is InChI=1S/C15H17Cl/c1-5-8-12-11(4)13(9-6-2)15(16)14(12)10-7-3/h5-10H,2H2,1,3-4H3/b8-5-,10-7+,13-9+. The van der Waals surface area contributed by atoms with Gasteiger partial charge in [0.15, 0.2) is 0 Å². The van der Waals surface area contributed by atoms with Crippen LogP contribution in [0.3, 0.4) is 0 Å². The van der Waals surface area contributed by atoms with Crippen molar-refractivity contribution in [2.24, 2.45) is 0 Å². The highest BCUT2D eigenvalue weighted by molar-refractivity contribution is 6.34. The highest BCUT2D eigenvalue weighted by Crippen LogP contribution is 2.40. The molecule has 1 aliphatic carbocycles. The summed E-state index contributed by atoms with van der Waals surface area (Å²) < 4.78 is 0. The first-order valence-electron chi connectivity index (χ1n) is 5.37. The molecule has 84 valence electrons. The predicted octanol–water partition coefficient (Wildman–Crippen LogP) is 5.07. The van der Waals surface area contributed by atoms with Crippen LogP contribution in [-0.2, 0) is 0 Å². The molecular weight excluding hydrogens is 216 g/mol. The molecule has 1 heteroatoms. The first-order valence-corrected chi connectivity index (χ1v) is 5.75. The molecule has 0 aromatic carbocycles. The minimum atomic E-state index is 0.809. The molecule has 0 radical (unpaired) electrons. The van der Waals surface area contributed by atoms with Crippen LogP contribution in [0.4, 0.5) is 0 Å². The van der Waals surface area contributed by atoms with Crippen molar-refractivity contribution in [3.8, 4) is 0 Å². The van der Waals surface area contributed by atoms with Gasteiger partial charge in [0.1, 0.15) is 0 Å². The van der Waals surface area contributed by atoms with Crippen molar-refractivity contribution in [1.82, 2.24) is 0 Å². The molecule has 0 heterocycles. The summed E-state index contributed by atoms with van der Waals surface area (Å²) >= 11 is 6.36. The second kappa shape index (κ2) is 5.72. The molecule has 16 heavy (non-hydrogen) atoms. The van der Waals surface area contributed by atoms with Crippen molar-refractivity contribution in [2.45, 2.75) is 20.8 Å². The Bertz CT molecular complexity index is 404. The molecular formula is C15H17Cl. The Morgan fingerprint density at radius 2 is 1.62 bits per heavy atom. The van der Waals surface area contributed by atoms with E-state index >= 15 is 0 Å². The first-order chi connectivity index (χ1) is 7.67. The Hall–Kier alpha value is -1.27. The second-order valence-corrected chi connectivity index (χ2v) is 3.96. The maximum Gasteiger partial charge on any atom is 0.0559 e. The van der Waals surface area contributed by atoms with Gasteiger partial charge in [-0.1, -0.05) is 54.6 Å². The van der Waals surface area contributed by atoms with Gasteiger partial charge >= 0.3 is 0 Å². The molecule has 0 atom stereocenters. The Labute approximate surface area is 103 Å². The third-order valence-corrected chi connectivity index (χ3v) is 2.93. The third kappa shape index (κ3) is 2.28. The Balaban J connectivity index is 3.41. The minimum absolute atomic E-state index is 0.809. The average molecular weight is 233 g/mol. The van der Waals surface area contributed by atoms with Crippen LogP contribution in [0.5, 0.6) is 0 Å². The molecule has 0 saturated heterocycles. The van der Waals surface area contributed by atoms with E-state index in [9.17, 15) is 0 Å². The SMILES string of the molecule is C=C/C=C1C(C)=C(/C=C\C)C(/C=C/C)=C\1Cl. The molecule has 0 spiro atoms. The maximum absolute atomic E-state index is 6.36. The van der Waals surface area contributed by atoms with Crippen molar-refractivity contribution in [1.29, 1.82) is 0 Å². The zero-order valence-corrected chi connectivity index (χ0v) is 10.8.